The first kappa shape index (κ1) is 21.7. The van der Waals surface area contributed by atoms with Gasteiger partial charge in [-0.05, 0) is 48.9 Å². The summed E-state index contributed by atoms with van der Waals surface area (Å²) >= 11 is 0. The van der Waals surface area contributed by atoms with E-state index in [-0.39, 0.29) is 23.3 Å². The number of nitrogens with one attached hydrogen (secondary N) is 2. The largest absolute Gasteiger partial charge is 0.364 e. The number of rotatable bonds is 7. The van der Waals surface area contributed by atoms with E-state index in [9.17, 15) is 18.8 Å². The molecule has 1 aliphatic rings. The van der Waals surface area contributed by atoms with Crippen molar-refractivity contribution in [3.63, 3.8) is 0 Å². The number of fused-ring (bicyclic) bond motifs is 1. The second-order valence-corrected chi connectivity index (χ2v) is 8.65. The number of aromatic amines is 2. The van der Waals surface area contributed by atoms with Gasteiger partial charge in [0.2, 0.25) is 0 Å². The Morgan fingerprint density at radius 2 is 1.91 bits per heavy atom. The minimum Gasteiger partial charge on any atom is -0.364 e. The number of hydrogen-bond donors (Lipinski definition) is 3. The lowest BCUT2D eigenvalue weighted by molar-refractivity contribution is 0.0995. The van der Waals surface area contributed by atoms with Crippen LogP contribution in [-0.2, 0) is 13.0 Å². The van der Waals surface area contributed by atoms with Crippen LogP contribution in [-0.4, -0.2) is 30.4 Å². The SMILES string of the molecule is NC(=O)c1cccc(C(Cc2ccccc2F)c2nc3c([nH]2)c(=O)[nH]c(=O)n3CC2CCC2)n1. The molecule has 1 unspecified atom stereocenters. The Morgan fingerprint density at radius 3 is 2.62 bits per heavy atom. The van der Waals surface area contributed by atoms with Crippen LogP contribution in [0.1, 0.15) is 52.8 Å². The molecule has 174 valence electrons. The van der Waals surface area contributed by atoms with Gasteiger partial charge in [-0.2, -0.15) is 0 Å². The fraction of sp³-hybridized carbons (Fsp3) is 0.292. The van der Waals surface area contributed by atoms with Crippen LogP contribution in [0.15, 0.2) is 52.1 Å². The zero-order valence-corrected chi connectivity index (χ0v) is 18.3. The molecular formula is C24H23FN6O3. The van der Waals surface area contributed by atoms with Crippen LogP contribution in [0.25, 0.3) is 11.2 Å². The first-order chi connectivity index (χ1) is 16.4. The fourth-order valence-corrected chi connectivity index (χ4v) is 4.33. The summed E-state index contributed by atoms with van der Waals surface area (Å²) < 4.78 is 16.0. The van der Waals surface area contributed by atoms with E-state index in [1.165, 1.54) is 16.7 Å². The Morgan fingerprint density at radius 1 is 1.12 bits per heavy atom. The number of nitrogens with zero attached hydrogens (tertiary/aromatic N) is 3. The van der Waals surface area contributed by atoms with Crippen molar-refractivity contribution in [1.29, 1.82) is 0 Å². The van der Waals surface area contributed by atoms with Gasteiger partial charge in [-0.15, -0.1) is 0 Å². The molecule has 9 nitrogen and oxygen atoms in total. The summed E-state index contributed by atoms with van der Waals surface area (Å²) in [5, 5.41) is 0. The molecule has 4 aromatic rings. The number of primary amides is 1. The van der Waals surface area contributed by atoms with E-state index < -0.39 is 28.9 Å². The monoisotopic (exact) mass is 462 g/mol. The van der Waals surface area contributed by atoms with Crippen molar-refractivity contribution >= 4 is 17.1 Å². The average molecular weight is 462 g/mol. The number of hydrogen-bond acceptors (Lipinski definition) is 5. The third kappa shape index (κ3) is 4.02. The molecular weight excluding hydrogens is 439 g/mol. The highest BCUT2D eigenvalue weighted by Crippen LogP contribution is 2.30. The van der Waals surface area contributed by atoms with Gasteiger partial charge < -0.3 is 10.7 Å². The lowest BCUT2D eigenvalue weighted by Crippen LogP contribution is -2.33. The van der Waals surface area contributed by atoms with Crippen molar-refractivity contribution in [2.45, 2.75) is 38.1 Å². The van der Waals surface area contributed by atoms with Gasteiger partial charge in [0.1, 0.15) is 22.9 Å². The lowest BCUT2D eigenvalue weighted by atomic mass is 9.85. The van der Waals surface area contributed by atoms with Gasteiger partial charge >= 0.3 is 5.69 Å². The molecule has 5 rings (SSSR count). The highest BCUT2D eigenvalue weighted by atomic mass is 19.1. The maximum atomic E-state index is 14.5. The van der Waals surface area contributed by atoms with Gasteiger partial charge in [0.05, 0.1) is 11.6 Å². The molecule has 0 saturated heterocycles. The van der Waals surface area contributed by atoms with Crippen LogP contribution in [0.2, 0.25) is 0 Å². The molecule has 1 atom stereocenters. The Labute approximate surface area is 192 Å². The van der Waals surface area contributed by atoms with Crippen molar-refractivity contribution in [3.05, 3.63) is 91.9 Å². The molecule has 1 aliphatic carbocycles. The van der Waals surface area contributed by atoms with Crippen molar-refractivity contribution in [1.82, 2.24) is 24.5 Å². The molecule has 4 N–H and O–H groups in total. The third-order valence-corrected chi connectivity index (χ3v) is 6.41. The number of pyridine rings is 1. The van der Waals surface area contributed by atoms with E-state index in [0.29, 0.717) is 29.5 Å². The van der Waals surface area contributed by atoms with Gasteiger partial charge in [-0.1, -0.05) is 30.7 Å². The standard InChI is InChI=1S/C24H23FN6O3/c25-16-8-2-1-7-14(16)11-15(17-9-4-10-18(27-17)20(26)32)21-28-19-22(29-21)31(12-13-5-3-6-13)24(34)30-23(19)33/h1-2,4,7-10,13,15H,3,5-6,11-12H2,(H2,26,32)(H,28,29)(H,30,33,34). The topological polar surface area (TPSA) is 140 Å². The van der Waals surface area contributed by atoms with Gasteiger partial charge in [0.25, 0.3) is 11.5 Å². The Bertz CT molecular complexity index is 1500. The number of H-pyrrole nitrogens is 2. The number of benzene rings is 1. The summed E-state index contributed by atoms with van der Waals surface area (Å²) in [7, 11) is 0. The van der Waals surface area contributed by atoms with Crippen LogP contribution < -0.4 is 17.0 Å². The number of nitrogens with two attached hydrogens (primary N) is 1. The van der Waals surface area contributed by atoms with Gasteiger partial charge in [-0.25, -0.2) is 19.2 Å². The van der Waals surface area contributed by atoms with E-state index in [2.05, 4.69) is 19.9 Å². The van der Waals surface area contributed by atoms with Gasteiger partial charge in [-0.3, -0.25) is 19.1 Å². The number of carbonyl (C=O) groups is 1. The van der Waals surface area contributed by atoms with Crippen molar-refractivity contribution in [2.75, 3.05) is 0 Å². The van der Waals surface area contributed by atoms with Gasteiger partial charge in [0, 0.05) is 6.54 Å². The Hall–Kier alpha value is -4.08. The molecule has 1 aromatic carbocycles. The number of carbonyl (C=O) groups excluding carboxylic acids is 1. The number of imidazole rings is 1. The second kappa shape index (κ2) is 8.69. The molecule has 10 heteroatoms. The molecule has 0 bridgehead atoms. The Balaban J connectivity index is 1.66. The van der Waals surface area contributed by atoms with Crippen molar-refractivity contribution < 1.29 is 9.18 Å². The predicted molar refractivity (Wildman–Crippen MR) is 123 cm³/mol. The first-order valence-electron chi connectivity index (χ1n) is 11.1. The summed E-state index contributed by atoms with van der Waals surface area (Å²) in [6, 6.07) is 11.2. The summed E-state index contributed by atoms with van der Waals surface area (Å²) in [6.45, 7) is 0.462. The van der Waals surface area contributed by atoms with E-state index >= 15 is 0 Å². The highest BCUT2D eigenvalue weighted by Gasteiger charge is 2.26. The number of aromatic nitrogens is 5. The average Bonchev–Trinajstić information content (AvgIpc) is 3.23. The summed E-state index contributed by atoms with van der Waals surface area (Å²) in [6.07, 6.45) is 3.31. The van der Waals surface area contributed by atoms with E-state index in [4.69, 9.17) is 5.73 Å². The van der Waals surface area contributed by atoms with E-state index in [1.54, 1.807) is 30.3 Å². The fourth-order valence-electron chi connectivity index (χ4n) is 4.33. The van der Waals surface area contributed by atoms with Crippen LogP contribution in [0, 0.1) is 11.7 Å². The number of amides is 1. The Kier molecular flexibility index (Phi) is 5.56. The minimum atomic E-state index is -0.693. The molecule has 1 saturated carbocycles. The van der Waals surface area contributed by atoms with Crippen LogP contribution >= 0.6 is 0 Å². The first-order valence-corrected chi connectivity index (χ1v) is 11.1. The van der Waals surface area contributed by atoms with Crippen LogP contribution in [0.3, 0.4) is 0 Å². The van der Waals surface area contributed by atoms with Crippen LogP contribution in [0.5, 0.6) is 0 Å². The third-order valence-electron chi connectivity index (χ3n) is 6.41. The molecule has 3 heterocycles. The summed E-state index contributed by atoms with van der Waals surface area (Å²) in [4.78, 5) is 51.3. The van der Waals surface area contributed by atoms with E-state index in [0.717, 1.165) is 19.3 Å². The molecule has 0 spiro atoms. The zero-order valence-electron chi connectivity index (χ0n) is 18.3. The van der Waals surface area contributed by atoms with Gasteiger partial charge in [0.15, 0.2) is 5.65 Å². The quantitative estimate of drug-likeness (QED) is 0.386. The summed E-state index contributed by atoms with van der Waals surface area (Å²) in [5.74, 6) is -1.02. The highest BCUT2D eigenvalue weighted by molar-refractivity contribution is 5.90. The lowest BCUT2D eigenvalue weighted by Gasteiger charge is -2.25. The zero-order chi connectivity index (χ0) is 23.8. The van der Waals surface area contributed by atoms with E-state index in [1.807, 2.05) is 0 Å². The normalized spacial score (nSPS) is 14.7. The molecule has 0 aliphatic heterocycles. The van der Waals surface area contributed by atoms with Crippen molar-refractivity contribution in [2.24, 2.45) is 11.7 Å². The van der Waals surface area contributed by atoms with Crippen molar-refractivity contribution in [3.8, 4) is 0 Å². The maximum Gasteiger partial charge on any atom is 0.330 e. The number of halogens is 1. The maximum absolute atomic E-state index is 14.5. The second-order valence-electron chi connectivity index (χ2n) is 8.65. The smallest absolute Gasteiger partial charge is 0.330 e. The molecule has 34 heavy (non-hydrogen) atoms. The predicted octanol–water partition coefficient (Wildman–Crippen LogP) is 2.22. The molecule has 1 fully saturated rings. The molecule has 1 amide bonds. The minimum absolute atomic E-state index is 0.0619. The van der Waals surface area contributed by atoms with Crippen LogP contribution in [0.4, 0.5) is 4.39 Å². The summed E-state index contributed by atoms with van der Waals surface area (Å²) in [5.41, 5.74) is 5.65. The molecule has 0 radical (unpaired) electrons. The molecule has 3 aromatic heterocycles.